The van der Waals surface area contributed by atoms with Gasteiger partial charge in [0.2, 0.25) is 0 Å². The van der Waals surface area contributed by atoms with Crippen LogP contribution >= 0.6 is 0 Å². The Hall–Kier alpha value is -5.90. The number of hydrogen-bond acceptors (Lipinski definition) is 1. The Morgan fingerprint density at radius 2 is 0.852 bits per heavy atom. The summed E-state index contributed by atoms with van der Waals surface area (Å²) in [4.78, 5) is 2.56. The van der Waals surface area contributed by atoms with Crippen LogP contribution < -0.4 is 22.5 Å². The summed E-state index contributed by atoms with van der Waals surface area (Å²) in [6.45, 7) is 18.9. The number of anilines is 3. The Morgan fingerprint density at radius 3 is 1.51 bits per heavy atom. The first-order valence-electron chi connectivity index (χ1n) is 22.0. The summed E-state index contributed by atoms with van der Waals surface area (Å²) in [6, 6.07) is 68.1. The normalized spacial score (nSPS) is 14.8. The fourth-order valence-corrected chi connectivity index (χ4v) is 23.0. The van der Waals surface area contributed by atoms with Gasteiger partial charge in [-0.15, -0.1) is 0 Å². The third-order valence-corrected chi connectivity index (χ3v) is 24.5. The average Bonchev–Trinajstić information content (AvgIpc) is 3.81. The van der Waals surface area contributed by atoms with Gasteiger partial charge < -0.3 is 0 Å². The minimum atomic E-state index is -3.66. The fraction of sp³-hybridized carbons (Fsp3) is 0.186. The zero-order chi connectivity index (χ0) is 42.1. The minimum absolute atomic E-state index is 0.0192. The van der Waals surface area contributed by atoms with Crippen LogP contribution in [0.25, 0.3) is 44.5 Å². The Kier molecular flexibility index (Phi) is 8.30. The van der Waals surface area contributed by atoms with Crippen molar-refractivity contribution in [2.24, 2.45) is 0 Å². The predicted octanol–water partition coefficient (Wildman–Crippen LogP) is 13.1. The number of para-hydroxylation sites is 1. The number of rotatable bonds is 4. The van der Waals surface area contributed by atoms with Crippen LogP contribution in [0.1, 0.15) is 77.6 Å². The first kappa shape index (κ1) is 38.1. The van der Waals surface area contributed by atoms with Crippen molar-refractivity contribution in [3.05, 3.63) is 198 Å². The van der Waals surface area contributed by atoms with Crippen LogP contribution in [0.2, 0.25) is 0 Å². The number of fused-ring (bicyclic) bond motifs is 13. The summed E-state index contributed by atoms with van der Waals surface area (Å²) in [6.07, 6.45) is 0. The molecule has 1 nitrogen and oxygen atoms in total. The van der Waals surface area contributed by atoms with Gasteiger partial charge in [0.05, 0.1) is 0 Å². The topological polar surface area (TPSA) is 3.24 Å². The molecule has 2 aliphatic heterocycles. The van der Waals surface area contributed by atoms with Gasteiger partial charge in [-0.1, -0.05) is 0 Å². The van der Waals surface area contributed by atoms with Crippen molar-refractivity contribution < 1.29 is 0 Å². The van der Waals surface area contributed by atoms with Crippen molar-refractivity contribution in [3.8, 4) is 44.5 Å². The molecular formula is C59H53GeN. The van der Waals surface area contributed by atoms with Gasteiger partial charge in [-0.2, -0.15) is 0 Å². The van der Waals surface area contributed by atoms with E-state index in [9.17, 15) is 0 Å². The van der Waals surface area contributed by atoms with Crippen LogP contribution in [0.15, 0.2) is 176 Å². The maximum atomic E-state index is 2.63. The van der Waals surface area contributed by atoms with Crippen LogP contribution in [-0.4, -0.2) is 13.3 Å². The zero-order valence-electron chi connectivity index (χ0n) is 36.7. The van der Waals surface area contributed by atoms with Gasteiger partial charge in [-0.3, -0.25) is 0 Å². The van der Waals surface area contributed by atoms with Crippen LogP contribution in [0.4, 0.5) is 17.1 Å². The van der Waals surface area contributed by atoms with Crippen LogP contribution in [0, 0.1) is 0 Å². The van der Waals surface area contributed by atoms with Crippen LogP contribution in [-0.2, 0) is 16.2 Å². The molecule has 298 valence electrons. The van der Waals surface area contributed by atoms with Crippen molar-refractivity contribution in [1.29, 1.82) is 0 Å². The van der Waals surface area contributed by atoms with Crippen molar-refractivity contribution >= 4 is 47.9 Å². The van der Waals surface area contributed by atoms with Gasteiger partial charge in [0.1, 0.15) is 0 Å². The van der Waals surface area contributed by atoms with Crippen LogP contribution in [0.3, 0.4) is 0 Å². The van der Waals surface area contributed by atoms with Crippen molar-refractivity contribution in [3.63, 3.8) is 0 Å². The summed E-state index contributed by atoms with van der Waals surface area (Å²) in [5.74, 6) is 0. The first-order chi connectivity index (χ1) is 29.3. The molecule has 0 amide bonds. The molecule has 0 aromatic heterocycles. The van der Waals surface area contributed by atoms with E-state index in [1.807, 2.05) is 0 Å². The van der Waals surface area contributed by atoms with E-state index in [0.717, 1.165) is 0 Å². The van der Waals surface area contributed by atoms with E-state index in [2.05, 4.69) is 236 Å². The molecule has 1 aliphatic carbocycles. The van der Waals surface area contributed by atoms with Gasteiger partial charge in [-0.05, 0) is 0 Å². The number of benzene rings is 8. The number of nitrogens with zero attached hydrogens (tertiary/aromatic N) is 1. The third-order valence-electron chi connectivity index (χ3n) is 14.2. The molecule has 8 aromatic rings. The van der Waals surface area contributed by atoms with E-state index in [1.165, 1.54) is 88.2 Å². The molecule has 8 aromatic carbocycles. The standard InChI is InChI=1S/C59H53GeN/c1-57(2,3)39-26-30-46-47-31-27-40(58(4,5)6)35-54(47)60(53(46)34-39)52-24-16-13-22-45(52)48-32-28-42(37-55(48)60)61(56-25-17-14-20-43(56)38-18-10-9-11-19-38)41-29-33-51-49(36-41)44-21-12-15-23-50(44)59(51,7)8/h9-37H,1-8H3. The molecule has 0 saturated heterocycles. The predicted molar refractivity (Wildman–Crippen MR) is 263 cm³/mol. The molecule has 0 saturated carbocycles. The summed E-state index contributed by atoms with van der Waals surface area (Å²) in [5, 5.41) is 0. The molecule has 0 fully saturated rings. The van der Waals surface area contributed by atoms with Crippen molar-refractivity contribution in [2.45, 2.75) is 71.6 Å². The molecule has 11 rings (SSSR count). The van der Waals surface area contributed by atoms with Gasteiger partial charge in [0.15, 0.2) is 0 Å². The van der Waals surface area contributed by atoms with E-state index in [4.69, 9.17) is 0 Å². The summed E-state index contributed by atoms with van der Waals surface area (Å²) in [5.41, 5.74) is 19.8. The van der Waals surface area contributed by atoms with Crippen molar-refractivity contribution in [2.75, 3.05) is 4.90 Å². The zero-order valence-corrected chi connectivity index (χ0v) is 38.8. The quantitative estimate of drug-likeness (QED) is 0.160. The fourth-order valence-electron chi connectivity index (χ4n) is 11.0. The Balaban J connectivity index is 1.22. The van der Waals surface area contributed by atoms with E-state index in [0.29, 0.717) is 0 Å². The molecule has 0 unspecified atom stereocenters. The molecular weight excluding hydrogens is 795 g/mol. The Labute approximate surface area is 365 Å². The van der Waals surface area contributed by atoms with Gasteiger partial charge in [-0.25, -0.2) is 0 Å². The van der Waals surface area contributed by atoms with E-state index < -0.39 is 13.3 Å². The summed E-state index contributed by atoms with van der Waals surface area (Å²) in [7, 11) is 0. The SMILES string of the molecule is CC(C)(C)c1ccc2[c](c1)[Ge]1([c]3ccccc3-c3ccc(N(c4ccc5c(c4)-c4ccccc4C5(C)C)c4ccccc4-c4ccccc4)c[c]31)[c]1cc(C(C)(C)C)ccc1-2. The first-order valence-corrected chi connectivity index (χ1v) is 26.2. The van der Waals surface area contributed by atoms with Crippen LogP contribution in [0.5, 0.6) is 0 Å². The Morgan fingerprint density at radius 1 is 0.377 bits per heavy atom. The van der Waals surface area contributed by atoms with E-state index in [1.54, 1.807) is 13.2 Å². The summed E-state index contributed by atoms with van der Waals surface area (Å²) < 4.78 is 6.24. The second-order valence-corrected chi connectivity index (χ2v) is 27.8. The second kappa shape index (κ2) is 13.3. The van der Waals surface area contributed by atoms with Gasteiger partial charge in [0, 0.05) is 0 Å². The molecule has 0 atom stereocenters. The van der Waals surface area contributed by atoms with Crippen molar-refractivity contribution in [1.82, 2.24) is 0 Å². The molecule has 0 N–H and O–H groups in total. The van der Waals surface area contributed by atoms with E-state index >= 15 is 0 Å². The molecule has 2 heterocycles. The number of hydrogen-bond donors (Lipinski definition) is 0. The molecule has 1 spiro atoms. The maximum absolute atomic E-state index is 3.66. The molecule has 0 radical (unpaired) electrons. The van der Waals surface area contributed by atoms with Gasteiger partial charge in [0.25, 0.3) is 0 Å². The monoisotopic (exact) mass is 849 g/mol. The Bertz CT molecular complexity index is 3020. The second-order valence-electron chi connectivity index (χ2n) is 20.2. The van der Waals surface area contributed by atoms with E-state index in [-0.39, 0.29) is 16.2 Å². The van der Waals surface area contributed by atoms with Gasteiger partial charge >= 0.3 is 367 Å². The molecule has 0 bridgehead atoms. The summed E-state index contributed by atoms with van der Waals surface area (Å²) >= 11 is -3.66. The third kappa shape index (κ3) is 5.52. The molecule has 61 heavy (non-hydrogen) atoms. The molecule has 3 aliphatic rings. The molecule has 2 heteroatoms. The average molecular weight is 849 g/mol.